The Morgan fingerprint density at radius 1 is 1.03 bits per heavy atom. The number of amides is 2. The van der Waals surface area contributed by atoms with Crippen molar-refractivity contribution in [3.05, 3.63) is 59.7 Å². The first kappa shape index (κ1) is 19.6. The lowest BCUT2D eigenvalue weighted by atomic mass is 10.1. The minimum atomic E-state index is -0.508. The van der Waals surface area contributed by atoms with E-state index in [-0.39, 0.29) is 23.2 Å². The van der Waals surface area contributed by atoms with Gasteiger partial charge < -0.3 is 19.7 Å². The molecular formula is C22H24N2O4S. The van der Waals surface area contributed by atoms with Crippen LogP contribution in [0.4, 0.5) is 0 Å². The molecule has 0 spiro atoms. The Kier molecular flexibility index (Phi) is 5.67. The maximum atomic E-state index is 13.6. The molecule has 2 aromatic carbocycles. The predicted molar refractivity (Wildman–Crippen MR) is 112 cm³/mol. The van der Waals surface area contributed by atoms with Crippen LogP contribution in [0.25, 0.3) is 0 Å². The summed E-state index contributed by atoms with van der Waals surface area (Å²) in [6, 6.07) is 14.7. The molecule has 1 saturated heterocycles. The Morgan fingerprint density at radius 2 is 1.76 bits per heavy atom. The smallest absolute Gasteiger partial charge is 0.255 e. The van der Waals surface area contributed by atoms with Gasteiger partial charge in [0.1, 0.15) is 11.4 Å². The third kappa shape index (κ3) is 4.05. The second-order valence-electron chi connectivity index (χ2n) is 7.18. The predicted octanol–water partition coefficient (Wildman–Crippen LogP) is 3.24. The fraction of sp³-hybridized carbons (Fsp3) is 0.364. The van der Waals surface area contributed by atoms with Crippen LogP contribution in [0.15, 0.2) is 48.5 Å². The molecule has 7 heteroatoms. The molecule has 1 aliphatic heterocycles. The Morgan fingerprint density at radius 3 is 2.41 bits per heavy atom. The van der Waals surface area contributed by atoms with Crippen LogP contribution < -0.4 is 14.8 Å². The van der Waals surface area contributed by atoms with Crippen LogP contribution in [0, 0.1) is 0 Å². The van der Waals surface area contributed by atoms with E-state index in [0.717, 1.165) is 18.4 Å². The second-order valence-corrected chi connectivity index (χ2v) is 8.29. The van der Waals surface area contributed by atoms with Gasteiger partial charge in [0.2, 0.25) is 5.91 Å². The van der Waals surface area contributed by atoms with Gasteiger partial charge in [-0.1, -0.05) is 30.3 Å². The number of hydrogen-bond donors (Lipinski definition) is 1. The third-order valence-corrected chi connectivity index (χ3v) is 6.50. The van der Waals surface area contributed by atoms with Crippen LogP contribution in [0.1, 0.15) is 34.1 Å². The zero-order chi connectivity index (χ0) is 20.4. The summed E-state index contributed by atoms with van der Waals surface area (Å²) in [5.74, 6) is 1.34. The molecule has 29 heavy (non-hydrogen) atoms. The maximum Gasteiger partial charge on any atom is 0.255 e. The normalized spacial score (nSPS) is 21.0. The monoisotopic (exact) mass is 412 g/mol. The first-order valence-electron chi connectivity index (χ1n) is 9.64. The number of benzene rings is 2. The van der Waals surface area contributed by atoms with Crippen molar-refractivity contribution < 1.29 is 19.1 Å². The van der Waals surface area contributed by atoms with E-state index in [1.807, 2.05) is 30.3 Å². The minimum Gasteiger partial charge on any atom is -0.493 e. The van der Waals surface area contributed by atoms with E-state index in [9.17, 15) is 9.59 Å². The van der Waals surface area contributed by atoms with Crippen LogP contribution in [-0.4, -0.2) is 48.8 Å². The highest BCUT2D eigenvalue weighted by Crippen LogP contribution is 2.43. The lowest BCUT2D eigenvalue weighted by Crippen LogP contribution is -2.48. The largest absolute Gasteiger partial charge is 0.493 e. The average molecular weight is 413 g/mol. The van der Waals surface area contributed by atoms with Crippen LogP contribution in [0.3, 0.4) is 0 Å². The number of carbonyl (C=O) groups excluding carboxylic acids is 2. The summed E-state index contributed by atoms with van der Waals surface area (Å²) in [7, 11) is 3.09. The highest BCUT2D eigenvalue weighted by Gasteiger charge is 2.43. The number of nitrogens with one attached hydrogen (secondary N) is 1. The molecule has 2 fully saturated rings. The third-order valence-electron chi connectivity index (χ3n) is 5.18. The number of rotatable bonds is 6. The SMILES string of the molecule is COc1ccc(C(=O)N2C(C(=O)NC3CC3)CSC2c2ccccc2)cc1OC. The van der Waals surface area contributed by atoms with Crippen molar-refractivity contribution in [2.75, 3.05) is 20.0 Å². The van der Waals surface area contributed by atoms with Gasteiger partial charge in [0.05, 0.1) is 14.2 Å². The highest BCUT2D eigenvalue weighted by molar-refractivity contribution is 7.99. The second kappa shape index (κ2) is 8.37. The van der Waals surface area contributed by atoms with Gasteiger partial charge in [-0.05, 0) is 36.6 Å². The Hall–Kier alpha value is -2.67. The first-order chi connectivity index (χ1) is 14.1. The summed E-state index contributed by atoms with van der Waals surface area (Å²) in [4.78, 5) is 28.1. The van der Waals surface area contributed by atoms with Crippen LogP contribution >= 0.6 is 11.8 Å². The number of carbonyl (C=O) groups is 2. The summed E-state index contributed by atoms with van der Waals surface area (Å²) in [6.07, 6.45) is 2.02. The molecule has 1 N–H and O–H groups in total. The van der Waals surface area contributed by atoms with E-state index in [0.29, 0.717) is 22.8 Å². The Bertz CT molecular complexity index is 901. The van der Waals surface area contributed by atoms with E-state index in [1.165, 1.54) is 7.11 Å². The molecule has 1 saturated carbocycles. The van der Waals surface area contributed by atoms with Crippen molar-refractivity contribution in [3.8, 4) is 11.5 Å². The molecule has 6 nitrogen and oxygen atoms in total. The summed E-state index contributed by atoms with van der Waals surface area (Å²) in [5.41, 5.74) is 1.48. The summed E-state index contributed by atoms with van der Waals surface area (Å²) in [5, 5.41) is 2.84. The highest BCUT2D eigenvalue weighted by atomic mass is 32.2. The quantitative estimate of drug-likeness (QED) is 0.789. The molecule has 152 valence electrons. The van der Waals surface area contributed by atoms with E-state index in [1.54, 1.807) is 42.0 Å². The van der Waals surface area contributed by atoms with Crippen molar-refractivity contribution in [2.45, 2.75) is 30.3 Å². The molecule has 0 radical (unpaired) electrons. The van der Waals surface area contributed by atoms with Crippen LogP contribution in [0.5, 0.6) is 11.5 Å². The zero-order valence-electron chi connectivity index (χ0n) is 16.5. The number of methoxy groups -OCH3 is 2. The average Bonchev–Trinajstić information content (AvgIpc) is 3.46. The van der Waals surface area contributed by atoms with Gasteiger partial charge in [0, 0.05) is 17.4 Å². The molecule has 1 aliphatic carbocycles. The lowest BCUT2D eigenvalue weighted by molar-refractivity contribution is -0.125. The van der Waals surface area contributed by atoms with Crippen LogP contribution in [-0.2, 0) is 4.79 Å². The summed E-state index contributed by atoms with van der Waals surface area (Å²) < 4.78 is 10.6. The van der Waals surface area contributed by atoms with Gasteiger partial charge in [-0.2, -0.15) is 0 Å². The van der Waals surface area contributed by atoms with Crippen molar-refractivity contribution in [2.24, 2.45) is 0 Å². The van der Waals surface area contributed by atoms with Gasteiger partial charge in [0.25, 0.3) is 5.91 Å². The fourth-order valence-electron chi connectivity index (χ4n) is 3.47. The van der Waals surface area contributed by atoms with Gasteiger partial charge >= 0.3 is 0 Å². The minimum absolute atomic E-state index is 0.0766. The first-order valence-corrected chi connectivity index (χ1v) is 10.7. The molecule has 1 heterocycles. The van der Waals surface area contributed by atoms with Crippen molar-refractivity contribution in [1.29, 1.82) is 0 Å². The molecule has 2 aromatic rings. The number of hydrogen-bond acceptors (Lipinski definition) is 5. The zero-order valence-corrected chi connectivity index (χ0v) is 17.3. The molecule has 4 rings (SSSR count). The Labute approximate surface area is 174 Å². The van der Waals surface area contributed by atoms with E-state index < -0.39 is 6.04 Å². The number of ether oxygens (including phenoxy) is 2. The van der Waals surface area contributed by atoms with Gasteiger partial charge in [-0.3, -0.25) is 9.59 Å². The number of nitrogens with zero attached hydrogens (tertiary/aromatic N) is 1. The standard InChI is InChI=1S/C22H24N2O4S/c1-27-18-11-8-15(12-19(18)28-2)21(26)24-17(20(25)23-16-9-10-16)13-29-22(24)14-6-4-3-5-7-14/h3-8,11-12,16-17,22H,9-10,13H2,1-2H3,(H,23,25). The molecule has 2 unspecified atom stereocenters. The summed E-state index contributed by atoms with van der Waals surface area (Å²) >= 11 is 1.62. The fourth-order valence-corrected chi connectivity index (χ4v) is 4.90. The van der Waals surface area contributed by atoms with Crippen LogP contribution in [0.2, 0.25) is 0 Å². The molecule has 0 bridgehead atoms. The van der Waals surface area contributed by atoms with Gasteiger partial charge in [0.15, 0.2) is 11.5 Å². The van der Waals surface area contributed by atoms with E-state index in [4.69, 9.17) is 9.47 Å². The maximum absolute atomic E-state index is 13.6. The molecule has 2 aliphatic rings. The van der Waals surface area contributed by atoms with E-state index >= 15 is 0 Å². The molecule has 2 amide bonds. The number of thioether (sulfide) groups is 1. The topological polar surface area (TPSA) is 67.9 Å². The van der Waals surface area contributed by atoms with Gasteiger partial charge in [-0.15, -0.1) is 11.8 Å². The van der Waals surface area contributed by atoms with Crippen molar-refractivity contribution in [3.63, 3.8) is 0 Å². The molecule has 2 atom stereocenters. The molecular weight excluding hydrogens is 388 g/mol. The lowest BCUT2D eigenvalue weighted by Gasteiger charge is -2.29. The van der Waals surface area contributed by atoms with Gasteiger partial charge in [-0.25, -0.2) is 0 Å². The Balaban J connectivity index is 1.67. The van der Waals surface area contributed by atoms with E-state index in [2.05, 4.69) is 5.32 Å². The van der Waals surface area contributed by atoms with Crippen molar-refractivity contribution >= 4 is 23.6 Å². The van der Waals surface area contributed by atoms with Crippen molar-refractivity contribution in [1.82, 2.24) is 10.2 Å². The summed E-state index contributed by atoms with van der Waals surface area (Å²) in [6.45, 7) is 0. The molecule has 0 aromatic heterocycles.